The molecule has 0 bridgehead atoms. The molecule has 84 valence electrons. The van der Waals surface area contributed by atoms with Crippen LogP contribution in [0.4, 0.5) is 0 Å². The summed E-state index contributed by atoms with van der Waals surface area (Å²) in [6, 6.07) is 4.66. The zero-order chi connectivity index (χ0) is 11.0. The average Bonchev–Trinajstić information content (AvgIpc) is 2.75. The van der Waals surface area contributed by atoms with Crippen LogP contribution in [0.25, 0.3) is 5.52 Å². The minimum Gasteiger partial charge on any atom is -0.307 e. The predicted octanol–water partition coefficient (Wildman–Crippen LogP) is 2.46. The zero-order valence-corrected chi connectivity index (χ0v) is 9.61. The lowest BCUT2D eigenvalue weighted by atomic mass is 10.0. The summed E-state index contributed by atoms with van der Waals surface area (Å²) in [7, 11) is 0. The first-order chi connectivity index (χ1) is 7.86. The predicted molar refractivity (Wildman–Crippen MR) is 64.5 cm³/mol. The zero-order valence-electron chi connectivity index (χ0n) is 9.61. The standard InChI is InChI=1S/C13H17N3/c1-10-5-4-8-16-12(10)9-15-13(16)11-6-2-3-7-14-11/h4-5,8-9,11,14H,2-3,6-7H2,1H3. The van der Waals surface area contributed by atoms with Gasteiger partial charge in [0.05, 0.1) is 17.8 Å². The number of aromatic nitrogens is 2. The maximum Gasteiger partial charge on any atom is 0.130 e. The molecule has 3 heteroatoms. The summed E-state index contributed by atoms with van der Waals surface area (Å²) in [5.41, 5.74) is 2.52. The third kappa shape index (κ3) is 1.52. The third-order valence-corrected chi connectivity index (χ3v) is 3.43. The van der Waals surface area contributed by atoms with Crippen molar-refractivity contribution in [2.75, 3.05) is 6.54 Å². The fraction of sp³-hybridized carbons (Fsp3) is 0.462. The molecule has 1 unspecified atom stereocenters. The molecule has 0 aliphatic carbocycles. The summed E-state index contributed by atoms with van der Waals surface area (Å²) in [6.45, 7) is 3.25. The van der Waals surface area contributed by atoms with Crippen LogP contribution >= 0.6 is 0 Å². The fourth-order valence-electron chi connectivity index (χ4n) is 2.51. The first-order valence-electron chi connectivity index (χ1n) is 6.02. The van der Waals surface area contributed by atoms with Gasteiger partial charge in [0.25, 0.3) is 0 Å². The van der Waals surface area contributed by atoms with Gasteiger partial charge in [0.2, 0.25) is 0 Å². The van der Waals surface area contributed by atoms with E-state index in [1.165, 1.54) is 36.2 Å². The maximum absolute atomic E-state index is 4.58. The van der Waals surface area contributed by atoms with Gasteiger partial charge in [0, 0.05) is 6.20 Å². The van der Waals surface area contributed by atoms with Crippen LogP contribution in [0.1, 0.15) is 36.7 Å². The molecule has 16 heavy (non-hydrogen) atoms. The number of nitrogens with one attached hydrogen (secondary N) is 1. The molecule has 1 saturated heterocycles. The van der Waals surface area contributed by atoms with Gasteiger partial charge >= 0.3 is 0 Å². The first-order valence-corrected chi connectivity index (χ1v) is 6.02. The summed E-state index contributed by atoms with van der Waals surface area (Å²) < 4.78 is 2.22. The molecule has 2 aromatic rings. The lowest BCUT2D eigenvalue weighted by molar-refractivity contribution is 0.396. The van der Waals surface area contributed by atoms with E-state index in [1.807, 2.05) is 6.20 Å². The highest BCUT2D eigenvalue weighted by molar-refractivity contribution is 5.53. The number of aryl methyl sites for hydroxylation is 1. The Hall–Kier alpha value is -1.35. The van der Waals surface area contributed by atoms with Crippen molar-refractivity contribution in [1.29, 1.82) is 0 Å². The van der Waals surface area contributed by atoms with Gasteiger partial charge in [-0.1, -0.05) is 12.5 Å². The highest BCUT2D eigenvalue weighted by Crippen LogP contribution is 2.23. The van der Waals surface area contributed by atoms with Gasteiger partial charge in [0.15, 0.2) is 0 Å². The average molecular weight is 215 g/mol. The molecule has 3 heterocycles. The monoisotopic (exact) mass is 215 g/mol. The van der Waals surface area contributed by atoms with Gasteiger partial charge in [-0.2, -0.15) is 0 Å². The Bertz CT molecular complexity index is 495. The second kappa shape index (κ2) is 3.91. The number of hydrogen-bond acceptors (Lipinski definition) is 2. The molecular formula is C13H17N3. The molecule has 0 aromatic carbocycles. The quantitative estimate of drug-likeness (QED) is 0.791. The molecule has 1 aliphatic heterocycles. The van der Waals surface area contributed by atoms with Crippen molar-refractivity contribution in [2.24, 2.45) is 0 Å². The van der Waals surface area contributed by atoms with Gasteiger partial charge in [-0.15, -0.1) is 0 Å². The second-order valence-corrected chi connectivity index (χ2v) is 4.57. The molecule has 0 spiro atoms. The van der Waals surface area contributed by atoms with Crippen molar-refractivity contribution >= 4 is 5.52 Å². The Kier molecular flexibility index (Phi) is 2.40. The molecule has 1 N–H and O–H groups in total. The van der Waals surface area contributed by atoms with Gasteiger partial charge in [-0.3, -0.25) is 0 Å². The van der Waals surface area contributed by atoms with E-state index in [9.17, 15) is 0 Å². The number of nitrogens with zero attached hydrogens (tertiary/aromatic N) is 2. The minimum absolute atomic E-state index is 0.429. The van der Waals surface area contributed by atoms with Crippen molar-refractivity contribution in [3.05, 3.63) is 35.9 Å². The Morgan fingerprint density at radius 2 is 2.38 bits per heavy atom. The summed E-state index contributed by atoms with van der Waals surface area (Å²) in [5, 5.41) is 3.55. The molecule has 1 fully saturated rings. The Balaban J connectivity index is 2.06. The van der Waals surface area contributed by atoms with Gasteiger partial charge in [0.1, 0.15) is 5.82 Å². The topological polar surface area (TPSA) is 29.3 Å². The van der Waals surface area contributed by atoms with Gasteiger partial charge in [-0.25, -0.2) is 4.98 Å². The molecule has 0 saturated carbocycles. The van der Waals surface area contributed by atoms with Crippen LogP contribution in [-0.4, -0.2) is 15.9 Å². The van der Waals surface area contributed by atoms with Crippen LogP contribution in [0.2, 0.25) is 0 Å². The summed E-state index contributed by atoms with van der Waals surface area (Å²) in [5.74, 6) is 1.17. The van der Waals surface area contributed by atoms with Crippen LogP contribution in [0.15, 0.2) is 24.5 Å². The van der Waals surface area contributed by atoms with Crippen molar-refractivity contribution in [3.63, 3.8) is 0 Å². The van der Waals surface area contributed by atoms with Crippen LogP contribution in [0.3, 0.4) is 0 Å². The number of fused-ring (bicyclic) bond motifs is 1. The summed E-state index contributed by atoms with van der Waals surface area (Å²) in [4.78, 5) is 4.58. The largest absolute Gasteiger partial charge is 0.307 e. The van der Waals surface area contributed by atoms with Crippen molar-refractivity contribution in [1.82, 2.24) is 14.7 Å². The minimum atomic E-state index is 0.429. The van der Waals surface area contributed by atoms with Crippen LogP contribution in [-0.2, 0) is 0 Å². The van der Waals surface area contributed by atoms with Crippen LogP contribution in [0, 0.1) is 6.92 Å². The maximum atomic E-state index is 4.58. The summed E-state index contributed by atoms with van der Waals surface area (Å²) >= 11 is 0. The van der Waals surface area contributed by atoms with E-state index in [0.717, 1.165) is 6.54 Å². The number of piperidine rings is 1. The van der Waals surface area contributed by atoms with Gasteiger partial charge in [-0.05, 0) is 37.9 Å². The van der Waals surface area contributed by atoms with E-state index < -0.39 is 0 Å². The van der Waals surface area contributed by atoms with Crippen molar-refractivity contribution in [3.8, 4) is 0 Å². The number of pyridine rings is 1. The van der Waals surface area contributed by atoms with Crippen LogP contribution in [0.5, 0.6) is 0 Å². The molecule has 0 amide bonds. The third-order valence-electron chi connectivity index (χ3n) is 3.43. The van der Waals surface area contributed by atoms with E-state index in [0.29, 0.717) is 6.04 Å². The number of rotatable bonds is 1. The van der Waals surface area contributed by atoms with E-state index >= 15 is 0 Å². The number of imidazole rings is 1. The molecule has 3 nitrogen and oxygen atoms in total. The molecule has 1 atom stereocenters. The highest BCUT2D eigenvalue weighted by Gasteiger charge is 2.19. The Labute approximate surface area is 95.5 Å². The normalized spacial score (nSPS) is 21.4. The second-order valence-electron chi connectivity index (χ2n) is 4.57. The molecule has 2 aromatic heterocycles. The number of hydrogen-bond donors (Lipinski definition) is 1. The fourth-order valence-corrected chi connectivity index (χ4v) is 2.51. The van der Waals surface area contributed by atoms with Crippen molar-refractivity contribution in [2.45, 2.75) is 32.2 Å². The summed E-state index contributed by atoms with van der Waals surface area (Å²) in [6.07, 6.45) is 7.90. The highest BCUT2D eigenvalue weighted by atomic mass is 15.1. The van der Waals surface area contributed by atoms with Gasteiger partial charge < -0.3 is 9.72 Å². The molecule has 0 radical (unpaired) electrons. The molecular weight excluding hydrogens is 198 g/mol. The Morgan fingerprint density at radius 3 is 3.19 bits per heavy atom. The van der Waals surface area contributed by atoms with E-state index in [1.54, 1.807) is 0 Å². The Morgan fingerprint density at radius 1 is 1.44 bits per heavy atom. The lowest BCUT2D eigenvalue weighted by Crippen LogP contribution is -2.28. The first kappa shape index (κ1) is 9.85. The smallest absolute Gasteiger partial charge is 0.130 e. The lowest BCUT2D eigenvalue weighted by Gasteiger charge is -2.22. The molecule has 1 aliphatic rings. The van der Waals surface area contributed by atoms with E-state index in [2.05, 4.69) is 40.0 Å². The van der Waals surface area contributed by atoms with E-state index in [4.69, 9.17) is 0 Å². The molecule has 3 rings (SSSR count). The van der Waals surface area contributed by atoms with E-state index in [-0.39, 0.29) is 0 Å². The van der Waals surface area contributed by atoms with Crippen molar-refractivity contribution < 1.29 is 0 Å². The van der Waals surface area contributed by atoms with Crippen LogP contribution < -0.4 is 5.32 Å². The SMILES string of the molecule is Cc1cccn2c(C3CCCCN3)ncc12.